The summed E-state index contributed by atoms with van der Waals surface area (Å²) < 4.78 is 27.9. The average Bonchev–Trinajstić information content (AvgIpc) is 2.64. The summed E-state index contributed by atoms with van der Waals surface area (Å²) in [7, 11) is 2.90. The van der Waals surface area contributed by atoms with E-state index in [2.05, 4.69) is 10.6 Å². The van der Waals surface area contributed by atoms with Crippen LogP contribution in [0.15, 0.2) is 0 Å². The Morgan fingerprint density at radius 2 is 1.37 bits per heavy atom. The molecule has 0 radical (unpaired) electrons. The zero-order chi connectivity index (χ0) is 20.1. The van der Waals surface area contributed by atoms with Gasteiger partial charge in [0.05, 0.1) is 24.3 Å². The number of aliphatic hydroxyl groups excluding tert-OH is 2. The SMILES string of the molecule is CO[C@@H]1[C@@H](O[C@@H]2[C@H](O)[C@@H](O)O[C@H](C)[C@H]2NC=O)O[C@H](C)[C@@H](NC=O)[C@@H]1OC. The molecule has 2 aliphatic heterocycles. The highest BCUT2D eigenvalue weighted by Gasteiger charge is 2.50. The Morgan fingerprint density at radius 1 is 0.852 bits per heavy atom. The van der Waals surface area contributed by atoms with Gasteiger partial charge in [-0.2, -0.15) is 0 Å². The lowest BCUT2D eigenvalue weighted by atomic mass is 9.94. The standard InChI is InChI=1S/C16H28N2O9/c1-7-9(17-5-19)12(11(21)15(22)25-7)27-16-14(24-4)13(23-3)10(18-6-20)8(2)26-16/h5-16,21-22H,1-4H3,(H,17,19)(H,18,20)/t7-,8-,9-,10-,11+,12+,13+,14+,15+,16-/m1/s1. The van der Waals surface area contributed by atoms with Gasteiger partial charge in [-0.3, -0.25) is 9.59 Å². The van der Waals surface area contributed by atoms with Gasteiger partial charge in [0, 0.05) is 14.2 Å². The van der Waals surface area contributed by atoms with E-state index in [0.717, 1.165) is 0 Å². The molecule has 2 saturated heterocycles. The lowest BCUT2D eigenvalue weighted by Crippen LogP contribution is -2.67. The molecule has 2 heterocycles. The smallest absolute Gasteiger partial charge is 0.207 e. The minimum atomic E-state index is -1.49. The fraction of sp³-hybridized carbons (Fsp3) is 0.875. The summed E-state index contributed by atoms with van der Waals surface area (Å²) in [6.45, 7) is 3.36. The Balaban J connectivity index is 2.23. The molecule has 2 fully saturated rings. The summed E-state index contributed by atoms with van der Waals surface area (Å²) >= 11 is 0. The van der Waals surface area contributed by atoms with Crippen molar-refractivity contribution in [3.05, 3.63) is 0 Å². The molecule has 11 nitrogen and oxygen atoms in total. The predicted octanol–water partition coefficient (Wildman–Crippen LogP) is -2.53. The first-order valence-electron chi connectivity index (χ1n) is 8.67. The largest absolute Gasteiger partial charge is 0.385 e. The summed E-state index contributed by atoms with van der Waals surface area (Å²) in [6, 6.07) is -1.21. The number of aliphatic hydroxyl groups is 2. The Bertz CT molecular complexity index is 497. The van der Waals surface area contributed by atoms with Crippen molar-refractivity contribution < 1.29 is 43.5 Å². The molecule has 4 N–H and O–H groups in total. The van der Waals surface area contributed by atoms with E-state index < -0.39 is 61.3 Å². The van der Waals surface area contributed by atoms with E-state index in [-0.39, 0.29) is 0 Å². The van der Waals surface area contributed by atoms with Crippen molar-refractivity contribution in [2.75, 3.05) is 14.2 Å². The molecule has 2 amide bonds. The number of amides is 2. The summed E-state index contributed by atoms with van der Waals surface area (Å²) in [5.41, 5.74) is 0. The van der Waals surface area contributed by atoms with E-state index in [4.69, 9.17) is 23.7 Å². The third-order valence-corrected chi connectivity index (χ3v) is 5.00. The lowest BCUT2D eigenvalue weighted by Gasteiger charge is -2.48. The first kappa shape index (κ1) is 22.0. The lowest BCUT2D eigenvalue weighted by molar-refractivity contribution is -0.331. The number of carbonyl (C=O) groups excluding carboxylic acids is 2. The molecular weight excluding hydrogens is 364 g/mol. The third-order valence-electron chi connectivity index (χ3n) is 5.00. The van der Waals surface area contributed by atoms with Crippen LogP contribution in [-0.4, -0.2) is 98.5 Å². The quantitative estimate of drug-likeness (QED) is 0.329. The van der Waals surface area contributed by atoms with Gasteiger partial charge in [-0.1, -0.05) is 0 Å². The van der Waals surface area contributed by atoms with Gasteiger partial charge < -0.3 is 44.5 Å². The van der Waals surface area contributed by atoms with Crippen LogP contribution in [-0.2, 0) is 33.3 Å². The molecule has 0 aromatic carbocycles. The minimum absolute atomic E-state index is 0.464. The Labute approximate surface area is 157 Å². The van der Waals surface area contributed by atoms with Crippen LogP contribution in [0.25, 0.3) is 0 Å². The average molecular weight is 392 g/mol. The first-order chi connectivity index (χ1) is 12.9. The van der Waals surface area contributed by atoms with Gasteiger partial charge >= 0.3 is 0 Å². The van der Waals surface area contributed by atoms with Gasteiger partial charge in [0.2, 0.25) is 12.8 Å². The van der Waals surface area contributed by atoms with E-state index in [1.165, 1.54) is 14.2 Å². The first-order valence-corrected chi connectivity index (χ1v) is 8.67. The van der Waals surface area contributed by atoms with Crippen LogP contribution in [0.2, 0.25) is 0 Å². The number of nitrogens with one attached hydrogen (secondary N) is 2. The van der Waals surface area contributed by atoms with Crippen LogP contribution >= 0.6 is 0 Å². The Hall–Kier alpha value is -1.34. The van der Waals surface area contributed by atoms with Crippen molar-refractivity contribution in [3.8, 4) is 0 Å². The molecule has 0 aromatic rings. The third kappa shape index (κ3) is 4.57. The highest BCUT2D eigenvalue weighted by Crippen LogP contribution is 2.30. The van der Waals surface area contributed by atoms with Crippen LogP contribution in [0.5, 0.6) is 0 Å². The van der Waals surface area contributed by atoms with Crippen molar-refractivity contribution in [1.82, 2.24) is 10.6 Å². The van der Waals surface area contributed by atoms with Crippen molar-refractivity contribution in [2.45, 2.75) is 75.1 Å². The van der Waals surface area contributed by atoms with Gasteiger partial charge in [0.1, 0.15) is 24.4 Å². The highest BCUT2D eigenvalue weighted by atomic mass is 16.7. The zero-order valence-corrected chi connectivity index (χ0v) is 15.7. The predicted molar refractivity (Wildman–Crippen MR) is 89.3 cm³/mol. The fourth-order valence-corrected chi connectivity index (χ4v) is 3.60. The second kappa shape index (κ2) is 9.73. The van der Waals surface area contributed by atoms with Gasteiger partial charge in [-0.15, -0.1) is 0 Å². The number of ether oxygens (including phenoxy) is 5. The fourth-order valence-electron chi connectivity index (χ4n) is 3.60. The normalized spacial score (nSPS) is 45.1. The number of rotatable bonds is 8. The minimum Gasteiger partial charge on any atom is -0.385 e. The maximum Gasteiger partial charge on any atom is 0.207 e. The zero-order valence-electron chi connectivity index (χ0n) is 15.7. The van der Waals surface area contributed by atoms with Crippen molar-refractivity contribution in [1.29, 1.82) is 0 Å². The molecular formula is C16H28N2O9. The van der Waals surface area contributed by atoms with Crippen LogP contribution < -0.4 is 10.6 Å². The second-order valence-electron chi connectivity index (χ2n) is 6.55. The van der Waals surface area contributed by atoms with Crippen molar-refractivity contribution in [2.24, 2.45) is 0 Å². The number of carbonyl (C=O) groups is 2. The topological polar surface area (TPSA) is 145 Å². The van der Waals surface area contributed by atoms with E-state index in [0.29, 0.717) is 12.8 Å². The van der Waals surface area contributed by atoms with Gasteiger partial charge in [-0.05, 0) is 13.8 Å². The molecule has 0 aromatic heterocycles. The summed E-state index contributed by atoms with van der Waals surface area (Å²) in [6.07, 6.45) is -6.38. The van der Waals surface area contributed by atoms with Crippen LogP contribution in [0.3, 0.4) is 0 Å². The highest BCUT2D eigenvalue weighted by molar-refractivity contribution is 5.47. The second-order valence-corrected chi connectivity index (χ2v) is 6.55. The Morgan fingerprint density at radius 3 is 1.89 bits per heavy atom. The molecule has 27 heavy (non-hydrogen) atoms. The molecule has 0 bridgehead atoms. The maximum absolute atomic E-state index is 10.9. The summed E-state index contributed by atoms with van der Waals surface area (Å²) in [5, 5.41) is 25.4. The van der Waals surface area contributed by atoms with Crippen molar-refractivity contribution in [3.63, 3.8) is 0 Å². The molecule has 2 rings (SSSR count). The molecule has 0 aliphatic carbocycles. The van der Waals surface area contributed by atoms with Crippen LogP contribution in [0.1, 0.15) is 13.8 Å². The Kier molecular flexibility index (Phi) is 7.91. The number of hydrogen-bond acceptors (Lipinski definition) is 9. The van der Waals surface area contributed by atoms with Gasteiger partial charge in [-0.25, -0.2) is 0 Å². The van der Waals surface area contributed by atoms with Crippen LogP contribution in [0, 0.1) is 0 Å². The van der Waals surface area contributed by atoms with Crippen LogP contribution in [0.4, 0.5) is 0 Å². The molecule has 2 aliphatic rings. The van der Waals surface area contributed by atoms with E-state index in [1.807, 2.05) is 0 Å². The van der Waals surface area contributed by atoms with Crippen molar-refractivity contribution >= 4 is 12.8 Å². The molecule has 0 spiro atoms. The molecule has 156 valence electrons. The number of hydrogen-bond donors (Lipinski definition) is 4. The van der Waals surface area contributed by atoms with Gasteiger partial charge in [0.25, 0.3) is 0 Å². The van der Waals surface area contributed by atoms with Gasteiger partial charge in [0.15, 0.2) is 12.6 Å². The monoisotopic (exact) mass is 392 g/mol. The molecule has 0 saturated carbocycles. The van der Waals surface area contributed by atoms with E-state index in [9.17, 15) is 19.8 Å². The summed E-state index contributed by atoms with van der Waals surface area (Å²) in [5.74, 6) is 0. The maximum atomic E-state index is 10.9. The molecule has 10 atom stereocenters. The van der Waals surface area contributed by atoms with E-state index >= 15 is 0 Å². The molecule has 11 heteroatoms. The number of methoxy groups -OCH3 is 2. The van der Waals surface area contributed by atoms with E-state index in [1.54, 1.807) is 13.8 Å². The molecule has 0 unspecified atom stereocenters. The summed E-state index contributed by atoms with van der Waals surface area (Å²) in [4.78, 5) is 21.8.